The fourth-order valence-corrected chi connectivity index (χ4v) is 2.67. The molecule has 4 heteroatoms. The van der Waals surface area contributed by atoms with Crippen molar-refractivity contribution in [1.82, 2.24) is 0 Å². The normalized spacial score (nSPS) is 11.9. The van der Waals surface area contributed by atoms with Crippen LogP contribution in [0, 0.1) is 0 Å². The molecule has 104 valence electrons. The molecule has 0 aromatic heterocycles. The van der Waals surface area contributed by atoms with Gasteiger partial charge in [0.1, 0.15) is 4.99 Å². The molecule has 0 saturated carbocycles. The Labute approximate surface area is 133 Å². The maximum atomic E-state index is 5.77. The number of hydrogen-bond donors (Lipinski definition) is 2. The summed E-state index contributed by atoms with van der Waals surface area (Å²) in [6, 6.07) is 16.6. The Morgan fingerprint density at radius 2 is 1.95 bits per heavy atom. The molecule has 2 nitrogen and oxygen atoms in total. The third kappa shape index (κ3) is 4.05. The van der Waals surface area contributed by atoms with Gasteiger partial charge in [0.2, 0.25) is 0 Å². The van der Waals surface area contributed by atoms with Crippen LogP contribution in [0.1, 0.15) is 18.1 Å². The van der Waals surface area contributed by atoms with Crippen LogP contribution in [0.4, 0.5) is 5.69 Å². The Bertz CT molecular complexity index is 599. The van der Waals surface area contributed by atoms with Crippen LogP contribution in [0.25, 0.3) is 0 Å². The van der Waals surface area contributed by atoms with Crippen LogP contribution in [-0.4, -0.2) is 11.0 Å². The van der Waals surface area contributed by atoms with Crippen molar-refractivity contribution in [3.8, 4) is 0 Å². The van der Waals surface area contributed by atoms with Gasteiger partial charge in [0.05, 0.1) is 0 Å². The van der Waals surface area contributed by atoms with E-state index in [4.69, 9.17) is 18.0 Å². The molecular weight excluding hydrogens is 332 g/mol. The maximum absolute atomic E-state index is 5.77. The summed E-state index contributed by atoms with van der Waals surface area (Å²) < 4.78 is 1.01. The molecule has 0 heterocycles. The van der Waals surface area contributed by atoms with Gasteiger partial charge in [-0.1, -0.05) is 58.5 Å². The molecule has 0 radical (unpaired) electrons. The molecule has 0 spiro atoms. The largest absolute Gasteiger partial charge is 0.389 e. The zero-order valence-electron chi connectivity index (χ0n) is 11.3. The Balaban J connectivity index is 2.13. The Hall–Kier alpha value is -1.39. The Morgan fingerprint density at radius 3 is 2.60 bits per heavy atom. The summed E-state index contributed by atoms with van der Waals surface area (Å²) in [6.45, 7) is 2.15. The Kier molecular flexibility index (Phi) is 5.15. The van der Waals surface area contributed by atoms with Gasteiger partial charge in [0.15, 0.2) is 0 Å². The second kappa shape index (κ2) is 6.86. The fourth-order valence-electron chi connectivity index (χ4n) is 2.13. The predicted molar refractivity (Wildman–Crippen MR) is 93.3 cm³/mol. The van der Waals surface area contributed by atoms with E-state index in [2.05, 4.69) is 52.4 Å². The quantitative estimate of drug-likeness (QED) is 0.798. The molecule has 20 heavy (non-hydrogen) atoms. The van der Waals surface area contributed by atoms with Gasteiger partial charge in [-0.15, -0.1) is 0 Å². The van der Waals surface area contributed by atoms with Crippen molar-refractivity contribution < 1.29 is 0 Å². The van der Waals surface area contributed by atoms with Crippen LogP contribution in [-0.2, 0) is 6.42 Å². The van der Waals surface area contributed by atoms with Crippen LogP contribution in [0.5, 0.6) is 0 Å². The minimum atomic E-state index is 0.291. The molecule has 0 aliphatic carbocycles. The molecular formula is C16H17BrN2S. The van der Waals surface area contributed by atoms with Crippen LogP contribution in [0.2, 0.25) is 0 Å². The van der Waals surface area contributed by atoms with Gasteiger partial charge in [-0.05, 0) is 37.1 Å². The van der Waals surface area contributed by atoms with E-state index in [-0.39, 0.29) is 0 Å². The van der Waals surface area contributed by atoms with Crippen molar-refractivity contribution in [3.05, 3.63) is 64.1 Å². The second-order valence-corrected chi connectivity index (χ2v) is 6.14. The highest BCUT2D eigenvalue weighted by atomic mass is 79.9. The summed E-state index contributed by atoms with van der Waals surface area (Å²) in [5.41, 5.74) is 8.92. The zero-order valence-corrected chi connectivity index (χ0v) is 13.7. The van der Waals surface area contributed by atoms with Crippen molar-refractivity contribution in [1.29, 1.82) is 0 Å². The first-order valence-corrected chi connectivity index (χ1v) is 7.66. The van der Waals surface area contributed by atoms with E-state index in [0.717, 1.165) is 22.1 Å². The van der Waals surface area contributed by atoms with Crippen LogP contribution < -0.4 is 11.1 Å². The van der Waals surface area contributed by atoms with Gasteiger partial charge >= 0.3 is 0 Å². The molecule has 2 rings (SSSR count). The summed E-state index contributed by atoms with van der Waals surface area (Å²) in [5.74, 6) is 0. The van der Waals surface area contributed by atoms with Crippen molar-refractivity contribution in [2.75, 3.05) is 5.32 Å². The first-order chi connectivity index (χ1) is 9.56. The summed E-state index contributed by atoms with van der Waals surface area (Å²) in [5, 5.41) is 3.48. The van der Waals surface area contributed by atoms with Gasteiger partial charge < -0.3 is 11.1 Å². The number of hydrogen-bond acceptors (Lipinski definition) is 2. The lowest BCUT2D eigenvalue weighted by molar-refractivity contribution is 0.790. The number of thiocarbonyl (C=S) groups is 1. The van der Waals surface area contributed by atoms with Gasteiger partial charge in [-0.2, -0.15) is 0 Å². The van der Waals surface area contributed by atoms with Crippen LogP contribution >= 0.6 is 28.1 Å². The summed E-state index contributed by atoms with van der Waals surface area (Å²) in [4.78, 5) is 0.409. The number of halogens is 1. The minimum absolute atomic E-state index is 0.291. The lowest BCUT2D eigenvalue weighted by Crippen LogP contribution is -2.21. The standard InChI is InChI=1S/C16H17BrN2S/c1-11(9-12-5-3-2-4-6-12)19-15-10-13(17)7-8-14(15)16(18)20/h2-8,10-11,19H,9H2,1H3,(H2,18,20). The first kappa shape index (κ1) is 15.0. The minimum Gasteiger partial charge on any atom is -0.389 e. The predicted octanol–water partition coefficient (Wildman–Crippen LogP) is 4.13. The molecule has 0 fully saturated rings. The molecule has 0 aliphatic rings. The molecule has 1 atom stereocenters. The third-order valence-electron chi connectivity index (χ3n) is 3.03. The van der Waals surface area contributed by atoms with E-state index >= 15 is 0 Å². The van der Waals surface area contributed by atoms with E-state index in [1.165, 1.54) is 5.56 Å². The van der Waals surface area contributed by atoms with Gasteiger partial charge in [0.25, 0.3) is 0 Å². The van der Waals surface area contributed by atoms with Crippen LogP contribution in [0.15, 0.2) is 53.0 Å². The molecule has 2 aromatic carbocycles. The third-order valence-corrected chi connectivity index (χ3v) is 3.75. The maximum Gasteiger partial charge on any atom is 0.106 e. The number of benzene rings is 2. The Morgan fingerprint density at radius 1 is 1.25 bits per heavy atom. The smallest absolute Gasteiger partial charge is 0.106 e. The molecule has 0 amide bonds. The number of nitrogens with two attached hydrogens (primary N) is 1. The van der Waals surface area contributed by atoms with E-state index in [9.17, 15) is 0 Å². The summed E-state index contributed by atoms with van der Waals surface area (Å²) in [6.07, 6.45) is 0.949. The van der Waals surface area contributed by atoms with Gasteiger partial charge in [-0.3, -0.25) is 0 Å². The topological polar surface area (TPSA) is 38.0 Å². The lowest BCUT2D eigenvalue weighted by atomic mass is 10.1. The molecule has 0 bridgehead atoms. The number of anilines is 1. The van der Waals surface area contributed by atoms with E-state index in [1.807, 2.05) is 24.3 Å². The number of nitrogens with one attached hydrogen (secondary N) is 1. The van der Waals surface area contributed by atoms with Crippen molar-refractivity contribution >= 4 is 38.8 Å². The molecule has 2 aromatic rings. The van der Waals surface area contributed by atoms with Gasteiger partial charge in [-0.25, -0.2) is 0 Å². The SMILES string of the molecule is CC(Cc1ccccc1)Nc1cc(Br)ccc1C(N)=S. The highest BCUT2D eigenvalue weighted by molar-refractivity contribution is 9.10. The van der Waals surface area contributed by atoms with E-state index < -0.39 is 0 Å². The highest BCUT2D eigenvalue weighted by Gasteiger charge is 2.09. The molecule has 0 aliphatic heterocycles. The molecule has 3 N–H and O–H groups in total. The van der Waals surface area contributed by atoms with Crippen molar-refractivity contribution in [2.24, 2.45) is 5.73 Å². The highest BCUT2D eigenvalue weighted by Crippen LogP contribution is 2.22. The fraction of sp³-hybridized carbons (Fsp3) is 0.188. The summed E-state index contributed by atoms with van der Waals surface area (Å²) >= 11 is 8.58. The average molecular weight is 349 g/mol. The monoisotopic (exact) mass is 348 g/mol. The zero-order chi connectivity index (χ0) is 14.5. The first-order valence-electron chi connectivity index (χ1n) is 6.46. The van der Waals surface area contributed by atoms with Crippen LogP contribution in [0.3, 0.4) is 0 Å². The van der Waals surface area contributed by atoms with Crippen molar-refractivity contribution in [2.45, 2.75) is 19.4 Å². The van der Waals surface area contributed by atoms with Crippen molar-refractivity contribution in [3.63, 3.8) is 0 Å². The van der Waals surface area contributed by atoms with E-state index in [0.29, 0.717) is 11.0 Å². The molecule has 0 saturated heterocycles. The lowest BCUT2D eigenvalue weighted by Gasteiger charge is -2.18. The molecule has 1 unspecified atom stereocenters. The second-order valence-electron chi connectivity index (χ2n) is 4.79. The van der Waals surface area contributed by atoms with E-state index in [1.54, 1.807) is 0 Å². The van der Waals surface area contributed by atoms with Gasteiger partial charge in [0, 0.05) is 21.8 Å². The average Bonchev–Trinajstić information content (AvgIpc) is 2.39. The number of rotatable bonds is 5. The summed E-state index contributed by atoms with van der Waals surface area (Å²) in [7, 11) is 0.